The van der Waals surface area contributed by atoms with Gasteiger partial charge in [-0.2, -0.15) is 0 Å². The zero-order valence-corrected chi connectivity index (χ0v) is 20.1. The second-order valence-corrected chi connectivity index (χ2v) is 8.13. The highest BCUT2D eigenvalue weighted by Gasteiger charge is 2.23. The van der Waals surface area contributed by atoms with E-state index < -0.39 is 18.1 Å². The van der Waals surface area contributed by atoms with Gasteiger partial charge in [0.1, 0.15) is 11.9 Å². The molecule has 190 valence electrons. The van der Waals surface area contributed by atoms with E-state index in [0.29, 0.717) is 22.6 Å². The van der Waals surface area contributed by atoms with Gasteiger partial charge in [0.25, 0.3) is 5.91 Å². The maximum Gasteiger partial charge on any atom is 0.268 e. The average molecular weight is 503 g/mol. The van der Waals surface area contributed by atoms with Crippen molar-refractivity contribution in [3.63, 3.8) is 0 Å². The topological polar surface area (TPSA) is 123 Å². The lowest BCUT2D eigenvalue weighted by atomic mass is 10.1. The molecule has 3 aromatic rings. The number of nitrogens with one attached hydrogen (secondary N) is 4. The van der Waals surface area contributed by atoms with Gasteiger partial charge >= 0.3 is 0 Å². The molecule has 3 aromatic carbocycles. The third kappa shape index (κ3) is 8.21. The monoisotopic (exact) mass is 502 g/mol. The SMILES string of the molecule is C=C(N[C@H](C(=O)NO)[C@@H](C)O)c1ccc(C#Cc2ccc(NC(=O)CNc3ccc(F)cc3)cc2)cc1. The number of halogens is 1. The normalized spacial score (nSPS) is 11.8. The molecule has 2 amide bonds. The molecule has 3 rings (SSSR count). The Morgan fingerprint density at radius 3 is 2.00 bits per heavy atom. The predicted octanol–water partition coefficient (Wildman–Crippen LogP) is 3.09. The van der Waals surface area contributed by atoms with E-state index in [9.17, 15) is 19.1 Å². The molecule has 0 aromatic heterocycles. The molecule has 0 aliphatic carbocycles. The maximum absolute atomic E-state index is 12.9. The van der Waals surface area contributed by atoms with E-state index >= 15 is 0 Å². The molecule has 2 atom stereocenters. The van der Waals surface area contributed by atoms with Gasteiger partial charge in [0.2, 0.25) is 5.91 Å². The van der Waals surface area contributed by atoms with Crippen LogP contribution in [0.3, 0.4) is 0 Å². The molecule has 8 nitrogen and oxygen atoms in total. The summed E-state index contributed by atoms with van der Waals surface area (Å²) in [5.74, 6) is 4.76. The molecule has 0 aliphatic rings. The number of benzene rings is 3. The fourth-order valence-corrected chi connectivity index (χ4v) is 3.24. The minimum atomic E-state index is -1.06. The molecule has 0 bridgehead atoms. The van der Waals surface area contributed by atoms with Crippen molar-refractivity contribution in [2.45, 2.75) is 19.1 Å². The quantitative estimate of drug-likeness (QED) is 0.152. The number of hydroxylamine groups is 1. The number of carbonyl (C=O) groups excluding carboxylic acids is 2. The van der Waals surface area contributed by atoms with Gasteiger partial charge < -0.3 is 21.1 Å². The molecule has 0 spiro atoms. The van der Waals surface area contributed by atoms with E-state index in [1.807, 2.05) is 0 Å². The van der Waals surface area contributed by atoms with Gasteiger partial charge in [0.15, 0.2) is 0 Å². The Balaban J connectivity index is 1.53. The minimum Gasteiger partial charge on any atom is -0.391 e. The Morgan fingerprint density at radius 2 is 1.46 bits per heavy atom. The van der Waals surface area contributed by atoms with E-state index in [4.69, 9.17) is 5.21 Å². The van der Waals surface area contributed by atoms with Crippen molar-refractivity contribution in [1.82, 2.24) is 10.8 Å². The largest absolute Gasteiger partial charge is 0.391 e. The summed E-state index contributed by atoms with van der Waals surface area (Å²) in [4.78, 5) is 23.8. The highest BCUT2D eigenvalue weighted by Crippen LogP contribution is 2.14. The van der Waals surface area contributed by atoms with Crippen molar-refractivity contribution < 1.29 is 24.3 Å². The number of rotatable bonds is 9. The molecular weight excluding hydrogens is 475 g/mol. The third-order valence-corrected chi connectivity index (χ3v) is 5.26. The third-order valence-electron chi connectivity index (χ3n) is 5.26. The van der Waals surface area contributed by atoms with Crippen LogP contribution in [0.25, 0.3) is 5.70 Å². The van der Waals surface area contributed by atoms with Crippen LogP contribution in [0, 0.1) is 17.7 Å². The molecule has 0 saturated heterocycles. The summed E-state index contributed by atoms with van der Waals surface area (Å²) in [5.41, 5.74) is 5.39. The highest BCUT2D eigenvalue weighted by molar-refractivity contribution is 5.93. The van der Waals surface area contributed by atoms with Gasteiger partial charge in [0, 0.05) is 28.2 Å². The Bertz CT molecular complexity index is 1300. The van der Waals surface area contributed by atoms with Gasteiger partial charge in [-0.1, -0.05) is 30.6 Å². The zero-order valence-electron chi connectivity index (χ0n) is 20.1. The first-order valence-electron chi connectivity index (χ1n) is 11.3. The molecule has 0 unspecified atom stereocenters. The van der Waals surface area contributed by atoms with E-state index in [-0.39, 0.29) is 18.3 Å². The molecule has 0 radical (unpaired) electrons. The van der Waals surface area contributed by atoms with Crippen molar-refractivity contribution in [2.75, 3.05) is 17.2 Å². The molecule has 0 aliphatic heterocycles. The lowest BCUT2D eigenvalue weighted by Crippen LogP contribution is -2.48. The van der Waals surface area contributed by atoms with Crippen molar-refractivity contribution in [3.8, 4) is 11.8 Å². The van der Waals surface area contributed by atoms with Crippen LogP contribution in [0.1, 0.15) is 23.6 Å². The van der Waals surface area contributed by atoms with Crippen LogP contribution in [-0.2, 0) is 9.59 Å². The summed E-state index contributed by atoms with van der Waals surface area (Å²) in [6, 6.07) is 18.9. The number of anilines is 2. The van der Waals surface area contributed by atoms with Crippen molar-refractivity contribution >= 4 is 28.9 Å². The summed E-state index contributed by atoms with van der Waals surface area (Å²) >= 11 is 0. The van der Waals surface area contributed by atoms with Crippen LogP contribution < -0.4 is 21.4 Å². The van der Waals surface area contributed by atoms with Gasteiger partial charge in [-0.25, -0.2) is 9.87 Å². The van der Waals surface area contributed by atoms with Gasteiger partial charge in [-0.05, 0) is 73.2 Å². The minimum absolute atomic E-state index is 0.0411. The number of aliphatic hydroxyl groups is 1. The summed E-state index contributed by atoms with van der Waals surface area (Å²) in [6.45, 7) is 5.34. The lowest BCUT2D eigenvalue weighted by Gasteiger charge is -2.21. The van der Waals surface area contributed by atoms with Crippen LogP contribution >= 0.6 is 0 Å². The van der Waals surface area contributed by atoms with Crippen LogP contribution in [0.4, 0.5) is 15.8 Å². The fraction of sp³-hybridized carbons (Fsp3) is 0.143. The number of amides is 2. The number of aliphatic hydroxyl groups excluding tert-OH is 1. The summed E-state index contributed by atoms with van der Waals surface area (Å²) in [6.07, 6.45) is -1.05. The van der Waals surface area contributed by atoms with E-state index in [0.717, 1.165) is 11.1 Å². The van der Waals surface area contributed by atoms with E-state index in [2.05, 4.69) is 34.4 Å². The standard InChI is InChI=1S/C28H27FN4O4/c1-18(31-27(19(2)34)28(36)33-37)22-9-5-20(6-10-22)3-4-21-7-13-25(14-8-21)32-26(35)17-30-24-15-11-23(29)12-16-24/h5-16,19,27,30-31,34,37H,1,17H2,2H3,(H,32,35)(H,33,36)/t19-,27+/m1/s1. The lowest BCUT2D eigenvalue weighted by molar-refractivity contribution is -0.133. The highest BCUT2D eigenvalue weighted by atomic mass is 19.1. The summed E-state index contributed by atoms with van der Waals surface area (Å²) in [7, 11) is 0. The van der Waals surface area contributed by atoms with E-state index in [1.165, 1.54) is 24.5 Å². The summed E-state index contributed by atoms with van der Waals surface area (Å²) < 4.78 is 12.9. The molecule has 6 N–H and O–H groups in total. The average Bonchev–Trinajstić information content (AvgIpc) is 2.90. The number of hydrogen-bond acceptors (Lipinski definition) is 6. The first-order chi connectivity index (χ1) is 17.7. The first kappa shape index (κ1) is 26.9. The van der Waals surface area contributed by atoms with Crippen LogP contribution in [0.15, 0.2) is 79.4 Å². The van der Waals surface area contributed by atoms with Crippen LogP contribution in [-0.4, -0.2) is 40.8 Å². The summed E-state index contributed by atoms with van der Waals surface area (Å²) in [5, 5.41) is 27.1. The molecular formula is C28H27FN4O4. The fourth-order valence-electron chi connectivity index (χ4n) is 3.24. The smallest absolute Gasteiger partial charge is 0.268 e. The maximum atomic E-state index is 12.9. The van der Waals surface area contributed by atoms with Crippen molar-refractivity contribution in [2.24, 2.45) is 0 Å². The van der Waals surface area contributed by atoms with Crippen LogP contribution in [0.5, 0.6) is 0 Å². The Morgan fingerprint density at radius 1 is 0.919 bits per heavy atom. The van der Waals surface area contributed by atoms with Crippen molar-refractivity contribution in [1.29, 1.82) is 0 Å². The molecule has 0 saturated carbocycles. The molecule has 37 heavy (non-hydrogen) atoms. The molecule has 0 fully saturated rings. The van der Waals surface area contributed by atoms with Crippen LogP contribution in [0.2, 0.25) is 0 Å². The van der Waals surface area contributed by atoms with Gasteiger partial charge in [-0.15, -0.1) is 0 Å². The Kier molecular flexibility index (Phi) is 9.38. The predicted molar refractivity (Wildman–Crippen MR) is 140 cm³/mol. The second kappa shape index (κ2) is 12.9. The zero-order chi connectivity index (χ0) is 26.8. The molecule has 0 heterocycles. The molecule has 9 heteroatoms. The first-order valence-corrected chi connectivity index (χ1v) is 11.3. The Labute approximate surface area is 214 Å². The van der Waals surface area contributed by atoms with Gasteiger partial charge in [0.05, 0.1) is 12.6 Å². The van der Waals surface area contributed by atoms with Gasteiger partial charge in [-0.3, -0.25) is 14.8 Å². The Hall–Kier alpha value is -4.65. The number of hydrogen-bond donors (Lipinski definition) is 6. The second-order valence-electron chi connectivity index (χ2n) is 8.13. The van der Waals surface area contributed by atoms with Crippen molar-refractivity contribution in [3.05, 3.63) is 102 Å². The van der Waals surface area contributed by atoms with E-state index in [1.54, 1.807) is 60.7 Å². The number of carbonyl (C=O) groups is 2.